The molecule has 3 N–H and O–H groups in total. The Hall–Kier alpha value is -3.35. The fourth-order valence-electron chi connectivity index (χ4n) is 5.72. The Morgan fingerprint density at radius 3 is 2.14 bits per heavy atom. The molecule has 0 heterocycles. The molecular weight excluding hydrogens is 444 g/mol. The number of carboxylic acids is 1. The van der Waals surface area contributed by atoms with Crippen LogP contribution in [0.25, 0.3) is 11.1 Å². The number of aliphatic carboxylic acids is 1. The van der Waals surface area contributed by atoms with Crippen LogP contribution in [0.15, 0.2) is 48.5 Å². The van der Waals surface area contributed by atoms with E-state index in [2.05, 4.69) is 34.9 Å². The Balaban J connectivity index is 1.23. The van der Waals surface area contributed by atoms with E-state index >= 15 is 0 Å². The number of rotatable bonds is 9. The molecule has 1 unspecified atom stereocenters. The van der Waals surface area contributed by atoms with Crippen molar-refractivity contribution in [3.05, 3.63) is 59.7 Å². The van der Waals surface area contributed by atoms with Gasteiger partial charge >= 0.3 is 12.1 Å². The normalized spacial score (nSPS) is 19.5. The average molecular weight is 477 g/mol. The number of hydrogen-bond acceptors (Lipinski definition) is 4. The van der Waals surface area contributed by atoms with Crippen molar-refractivity contribution in [3.8, 4) is 11.1 Å². The summed E-state index contributed by atoms with van der Waals surface area (Å²) >= 11 is 0. The second-order valence-electron chi connectivity index (χ2n) is 10.5. The van der Waals surface area contributed by atoms with E-state index < -0.39 is 17.6 Å². The third-order valence-electron chi connectivity index (χ3n) is 8.14. The topological polar surface area (TPSA) is 105 Å². The lowest BCUT2D eigenvalue weighted by atomic mass is 9.66. The van der Waals surface area contributed by atoms with Crippen LogP contribution in [0.2, 0.25) is 0 Å². The predicted octanol–water partition coefficient (Wildman–Crippen LogP) is 4.46. The molecule has 0 bridgehead atoms. The van der Waals surface area contributed by atoms with Crippen molar-refractivity contribution >= 4 is 18.0 Å². The summed E-state index contributed by atoms with van der Waals surface area (Å²) < 4.78 is 5.69. The lowest BCUT2D eigenvalue weighted by Gasteiger charge is -2.41. The van der Waals surface area contributed by atoms with Crippen LogP contribution in [0.4, 0.5) is 4.79 Å². The van der Waals surface area contributed by atoms with Gasteiger partial charge in [-0.2, -0.15) is 0 Å². The molecule has 0 radical (unpaired) electrons. The maximum atomic E-state index is 13.2. The minimum Gasteiger partial charge on any atom is -0.481 e. The quantitative estimate of drug-likeness (QED) is 0.496. The first-order chi connectivity index (χ1) is 16.8. The molecule has 35 heavy (non-hydrogen) atoms. The van der Waals surface area contributed by atoms with Crippen molar-refractivity contribution in [3.63, 3.8) is 0 Å². The largest absolute Gasteiger partial charge is 0.481 e. The number of fused-ring (bicyclic) bond motifs is 3. The highest BCUT2D eigenvalue weighted by Gasteiger charge is 2.50. The molecule has 0 aliphatic heterocycles. The van der Waals surface area contributed by atoms with Crippen LogP contribution in [-0.4, -0.2) is 41.8 Å². The van der Waals surface area contributed by atoms with Crippen molar-refractivity contribution in [2.45, 2.75) is 56.9 Å². The van der Waals surface area contributed by atoms with Gasteiger partial charge in [0.1, 0.15) is 12.1 Å². The van der Waals surface area contributed by atoms with Gasteiger partial charge in [-0.25, -0.2) is 4.79 Å². The number of alkyl carbamates (subject to hydrolysis) is 1. The van der Waals surface area contributed by atoms with E-state index in [-0.39, 0.29) is 36.2 Å². The Morgan fingerprint density at radius 2 is 1.63 bits per heavy atom. The summed E-state index contributed by atoms with van der Waals surface area (Å²) in [5, 5.41) is 15.0. The molecule has 7 heteroatoms. The van der Waals surface area contributed by atoms with Gasteiger partial charge in [-0.05, 0) is 66.2 Å². The van der Waals surface area contributed by atoms with E-state index in [0.717, 1.165) is 54.4 Å². The molecule has 3 aliphatic rings. The molecule has 1 atom stereocenters. The van der Waals surface area contributed by atoms with E-state index in [1.54, 1.807) is 6.92 Å². The van der Waals surface area contributed by atoms with Gasteiger partial charge in [-0.3, -0.25) is 9.59 Å². The fourth-order valence-corrected chi connectivity index (χ4v) is 5.72. The van der Waals surface area contributed by atoms with Crippen molar-refractivity contribution in [2.24, 2.45) is 11.3 Å². The number of ether oxygens (including phenoxy) is 1. The number of carbonyl (C=O) groups excluding carboxylic acids is 2. The van der Waals surface area contributed by atoms with Gasteiger partial charge in [0.2, 0.25) is 5.91 Å². The minimum atomic E-state index is -1.09. The monoisotopic (exact) mass is 476 g/mol. The third-order valence-corrected chi connectivity index (χ3v) is 8.14. The van der Waals surface area contributed by atoms with Crippen LogP contribution in [0, 0.1) is 11.3 Å². The smallest absolute Gasteiger partial charge is 0.408 e. The fraction of sp³-hybridized carbons (Fsp3) is 0.464. The summed E-state index contributed by atoms with van der Waals surface area (Å²) in [4.78, 5) is 37.4. The number of hydrogen-bond donors (Lipinski definition) is 3. The van der Waals surface area contributed by atoms with Gasteiger partial charge < -0.3 is 20.5 Å². The third kappa shape index (κ3) is 4.51. The molecule has 2 fully saturated rings. The van der Waals surface area contributed by atoms with E-state index in [1.807, 2.05) is 24.3 Å². The van der Waals surface area contributed by atoms with Gasteiger partial charge in [0, 0.05) is 12.5 Å². The summed E-state index contributed by atoms with van der Waals surface area (Å²) in [6, 6.07) is 16.3. The second kappa shape index (κ2) is 9.02. The Bertz CT molecular complexity index is 1110. The molecule has 0 aromatic heterocycles. The van der Waals surface area contributed by atoms with Gasteiger partial charge in [0.25, 0.3) is 0 Å². The molecule has 0 saturated heterocycles. The first-order valence-corrected chi connectivity index (χ1v) is 12.4. The zero-order valence-electron chi connectivity index (χ0n) is 20.0. The van der Waals surface area contributed by atoms with Gasteiger partial charge in [-0.1, -0.05) is 55.0 Å². The van der Waals surface area contributed by atoms with Crippen LogP contribution < -0.4 is 10.6 Å². The van der Waals surface area contributed by atoms with E-state index in [9.17, 15) is 19.5 Å². The summed E-state index contributed by atoms with van der Waals surface area (Å²) in [5.74, 6) is -1.13. The molecule has 5 rings (SSSR count). The summed E-state index contributed by atoms with van der Waals surface area (Å²) in [7, 11) is 0. The van der Waals surface area contributed by atoms with E-state index in [1.165, 1.54) is 0 Å². The Labute approximate surface area is 205 Å². The van der Waals surface area contributed by atoms with Gasteiger partial charge in [-0.15, -0.1) is 0 Å². The standard InChI is InChI=1S/C28H32N2O5/c1-27(18-11-12-18,25(33)29-17-28(13-6-14-28)15-24(31)32)30-26(34)35-16-23-21-9-4-2-7-19(21)20-8-3-5-10-22(20)23/h2-5,7-10,18,23H,6,11-17H2,1H3,(H,29,33)(H,30,34)(H,31,32). The molecule has 2 saturated carbocycles. The lowest BCUT2D eigenvalue weighted by Crippen LogP contribution is -2.60. The van der Waals surface area contributed by atoms with Crippen LogP contribution in [0.1, 0.15) is 62.5 Å². The van der Waals surface area contributed by atoms with Crippen LogP contribution in [0.5, 0.6) is 0 Å². The van der Waals surface area contributed by atoms with Crippen LogP contribution in [0.3, 0.4) is 0 Å². The molecule has 184 valence electrons. The maximum absolute atomic E-state index is 13.2. The molecule has 7 nitrogen and oxygen atoms in total. The molecule has 3 aliphatic carbocycles. The molecule has 2 amide bonds. The molecule has 0 spiro atoms. The minimum absolute atomic E-state index is 0.0415. The summed E-state index contributed by atoms with van der Waals surface area (Å²) in [6.45, 7) is 2.24. The molecule has 2 aromatic carbocycles. The van der Waals surface area contributed by atoms with Crippen molar-refractivity contribution in [1.29, 1.82) is 0 Å². The zero-order valence-corrected chi connectivity index (χ0v) is 20.0. The van der Waals surface area contributed by atoms with E-state index in [0.29, 0.717) is 6.54 Å². The van der Waals surface area contributed by atoms with Crippen LogP contribution >= 0.6 is 0 Å². The highest BCUT2D eigenvalue weighted by molar-refractivity contribution is 5.90. The highest BCUT2D eigenvalue weighted by atomic mass is 16.5. The number of amides is 2. The van der Waals surface area contributed by atoms with E-state index in [4.69, 9.17) is 4.74 Å². The van der Waals surface area contributed by atoms with Gasteiger partial charge in [0.15, 0.2) is 0 Å². The van der Waals surface area contributed by atoms with Gasteiger partial charge in [0.05, 0.1) is 6.42 Å². The summed E-state index contributed by atoms with van der Waals surface area (Å²) in [5.41, 5.74) is 3.12. The molecule has 2 aromatic rings. The molecular formula is C28H32N2O5. The maximum Gasteiger partial charge on any atom is 0.408 e. The number of benzene rings is 2. The first-order valence-electron chi connectivity index (χ1n) is 12.4. The number of carbonyl (C=O) groups is 3. The van der Waals surface area contributed by atoms with Crippen molar-refractivity contribution in [1.82, 2.24) is 10.6 Å². The number of nitrogens with one attached hydrogen (secondary N) is 2. The Kier molecular flexibility index (Phi) is 6.03. The second-order valence-corrected chi connectivity index (χ2v) is 10.5. The van der Waals surface area contributed by atoms with Crippen molar-refractivity contribution < 1.29 is 24.2 Å². The number of carboxylic acid groups (broad SMARTS) is 1. The Morgan fingerprint density at radius 1 is 1.03 bits per heavy atom. The lowest BCUT2D eigenvalue weighted by molar-refractivity contribution is -0.142. The summed E-state index contributed by atoms with van der Waals surface area (Å²) in [6.07, 6.45) is 3.70. The highest BCUT2D eigenvalue weighted by Crippen LogP contribution is 2.45. The SMILES string of the molecule is CC(NC(=O)OCC1c2ccccc2-c2ccccc21)(C(=O)NCC1(CC(=O)O)CCC1)C1CC1. The average Bonchev–Trinajstić information content (AvgIpc) is 3.63. The predicted molar refractivity (Wildman–Crippen MR) is 131 cm³/mol. The van der Waals surface area contributed by atoms with Crippen LogP contribution in [-0.2, 0) is 14.3 Å². The van der Waals surface area contributed by atoms with Crippen molar-refractivity contribution in [2.75, 3.05) is 13.2 Å². The zero-order chi connectivity index (χ0) is 24.6. The first kappa shape index (κ1) is 23.4.